The van der Waals surface area contributed by atoms with E-state index in [-0.39, 0.29) is 24.5 Å². The predicted molar refractivity (Wildman–Crippen MR) is 126 cm³/mol. The largest absolute Gasteiger partial charge is 0.491 e. The molecule has 0 bridgehead atoms. The van der Waals surface area contributed by atoms with E-state index in [0.29, 0.717) is 57.4 Å². The van der Waals surface area contributed by atoms with Crippen LogP contribution in [0, 0.1) is 5.92 Å². The highest BCUT2D eigenvalue weighted by molar-refractivity contribution is 5.75. The van der Waals surface area contributed by atoms with Crippen molar-refractivity contribution in [3.05, 3.63) is 24.3 Å². The molecule has 0 unspecified atom stereocenters. The van der Waals surface area contributed by atoms with E-state index in [0.717, 1.165) is 25.7 Å². The summed E-state index contributed by atoms with van der Waals surface area (Å²) >= 11 is 0. The van der Waals surface area contributed by atoms with E-state index in [1.165, 1.54) is 0 Å². The Labute approximate surface area is 196 Å². The molecule has 1 aliphatic heterocycles. The Morgan fingerprint density at radius 3 is 2.33 bits per heavy atom. The van der Waals surface area contributed by atoms with Crippen molar-refractivity contribution < 1.29 is 28.9 Å². The number of ether oxygens (including phenoxy) is 3. The van der Waals surface area contributed by atoms with Gasteiger partial charge in [0.25, 0.3) is 0 Å². The number of morpholine rings is 1. The Bertz CT molecular complexity index is 688. The Hall–Kier alpha value is -2.36. The third-order valence-electron chi connectivity index (χ3n) is 5.35. The summed E-state index contributed by atoms with van der Waals surface area (Å²) < 4.78 is 16.3. The molecule has 2 amide bonds. The maximum Gasteiger partial charge on any atom is 0.317 e. The molecule has 0 saturated carbocycles. The lowest BCUT2D eigenvalue weighted by molar-refractivity contribution is -0.139. The van der Waals surface area contributed by atoms with Crippen LogP contribution in [0.1, 0.15) is 39.5 Å². The van der Waals surface area contributed by atoms with Crippen LogP contribution in [0.3, 0.4) is 0 Å². The van der Waals surface area contributed by atoms with E-state index < -0.39 is 6.10 Å². The standard InChI is InChI=1S/C24H39N3O6/c1-3-5-19(6-4-2)23(29)33-22-9-7-21(8-10-22)32-18-20(28)17-25-11-12-26-24(30)27-13-15-31-16-14-27/h7-10,19-20,25,28H,3-6,11-18H2,1-2H3,(H,26,30)/t20-/m0/s1. The van der Waals surface area contributed by atoms with E-state index in [9.17, 15) is 14.7 Å². The number of aliphatic hydroxyl groups is 1. The molecule has 1 atom stereocenters. The van der Waals surface area contributed by atoms with Gasteiger partial charge in [-0.15, -0.1) is 0 Å². The number of rotatable bonds is 14. The van der Waals surface area contributed by atoms with Crippen molar-refractivity contribution in [2.45, 2.75) is 45.6 Å². The van der Waals surface area contributed by atoms with Crippen LogP contribution >= 0.6 is 0 Å². The third-order valence-corrected chi connectivity index (χ3v) is 5.35. The topological polar surface area (TPSA) is 109 Å². The van der Waals surface area contributed by atoms with E-state index in [1.54, 1.807) is 29.2 Å². The van der Waals surface area contributed by atoms with Gasteiger partial charge < -0.3 is 34.9 Å². The molecule has 1 saturated heterocycles. The lowest BCUT2D eigenvalue weighted by Crippen LogP contribution is -2.47. The maximum absolute atomic E-state index is 12.3. The number of urea groups is 1. The molecule has 1 aliphatic rings. The molecule has 1 aromatic carbocycles. The molecule has 9 nitrogen and oxygen atoms in total. The molecule has 186 valence electrons. The highest BCUT2D eigenvalue weighted by Gasteiger charge is 2.19. The predicted octanol–water partition coefficient (Wildman–Crippen LogP) is 2.18. The number of carbonyl (C=O) groups is 2. The van der Waals surface area contributed by atoms with Crippen LogP contribution in [0.5, 0.6) is 11.5 Å². The van der Waals surface area contributed by atoms with Crippen LogP contribution in [0.25, 0.3) is 0 Å². The van der Waals surface area contributed by atoms with E-state index in [1.807, 2.05) is 0 Å². The number of nitrogens with one attached hydrogen (secondary N) is 2. The summed E-state index contributed by atoms with van der Waals surface area (Å²) in [7, 11) is 0. The summed E-state index contributed by atoms with van der Waals surface area (Å²) in [6.07, 6.45) is 2.88. The van der Waals surface area contributed by atoms with Crippen LogP contribution in [-0.2, 0) is 9.53 Å². The van der Waals surface area contributed by atoms with E-state index >= 15 is 0 Å². The maximum atomic E-state index is 12.3. The summed E-state index contributed by atoms with van der Waals surface area (Å²) in [4.78, 5) is 26.0. The number of carbonyl (C=O) groups excluding carboxylic acids is 2. The number of esters is 1. The van der Waals surface area contributed by atoms with Gasteiger partial charge in [0.2, 0.25) is 0 Å². The van der Waals surface area contributed by atoms with Crippen molar-refractivity contribution in [3.8, 4) is 11.5 Å². The lowest BCUT2D eigenvalue weighted by Gasteiger charge is -2.27. The van der Waals surface area contributed by atoms with Crippen molar-refractivity contribution in [1.82, 2.24) is 15.5 Å². The van der Waals surface area contributed by atoms with Crippen LogP contribution in [-0.4, -0.2) is 80.7 Å². The minimum Gasteiger partial charge on any atom is -0.491 e. The Morgan fingerprint density at radius 1 is 1.06 bits per heavy atom. The van der Waals surface area contributed by atoms with Gasteiger partial charge in [0, 0.05) is 32.7 Å². The fourth-order valence-electron chi connectivity index (χ4n) is 3.54. The summed E-state index contributed by atoms with van der Waals surface area (Å²) in [6.45, 7) is 7.99. The average molecular weight is 466 g/mol. The molecular formula is C24H39N3O6. The number of aliphatic hydroxyl groups excluding tert-OH is 1. The zero-order chi connectivity index (χ0) is 23.9. The second-order valence-electron chi connectivity index (χ2n) is 8.17. The number of benzene rings is 1. The first-order valence-corrected chi connectivity index (χ1v) is 12.0. The zero-order valence-electron chi connectivity index (χ0n) is 19.9. The van der Waals surface area contributed by atoms with Gasteiger partial charge in [-0.2, -0.15) is 0 Å². The first kappa shape index (κ1) is 26.9. The fourth-order valence-corrected chi connectivity index (χ4v) is 3.54. The van der Waals surface area contributed by atoms with Crippen molar-refractivity contribution in [2.24, 2.45) is 5.92 Å². The smallest absolute Gasteiger partial charge is 0.317 e. The molecule has 33 heavy (non-hydrogen) atoms. The first-order valence-electron chi connectivity index (χ1n) is 12.0. The van der Waals surface area contributed by atoms with Gasteiger partial charge in [0.1, 0.15) is 24.2 Å². The number of nitrogens with zero attached hydrogens (tertiary/aromatic N) is 1. The Balaban J connectivity index is 1.60. The van der Waals surface area contributed by atoms with Gasteiger partial charge in [0.05, 0.1) is 19.1 Å². The summed E-state index contributed by atoms with van der Waals surface area (Å²) in [5, 5.41) is 16.0. The zero-order valence-corrected chi connectivity index (χ0v) is 19.9. The summed E-state index contributed by atoms with van der Waals surface area (Å²) in [5.74, 6) is 0.831. The number of hydrogen-bond acceptors (Lipinski definition) is 7. The lowest BCUT2D eigenvalue weighted by atomic mass is 9.99. The molecule has 9 heteroatoms. The molecular weight excluding hydrogens is 426 g/mol. The molecule has 1 aromatic rings. The molecule has 3 N–H and O–H groups in total. The average Bonchev–Trinajstić information content (AvgIpc) is 2.83. The van der Waals surface area contributed by atoms with E-state index in [4.69, 9.17) is 14.2 Å². The van der Waals surface area contributed by atoms with Gasteiger partial charge >= 0.3 is 12.0 Å². The highest BCUT2D eigenvalue weighted by atomic mass is 16.5. The molecule has 0 spiro atoms. The van der Waals surface area contributed by atoms with E-state index in [2.05, 4.69) is 24.5 Å². The molecule has 0 aliphatic carbocycles. The van der Waals surface area contributed by atoms with Crippen molar-refractivity contribution in [1.29, 1.82) is 0 Å². The monoisotopic (exact) mass is 465 g/mol. The number of amides is 2. The molecule has 1 fully saturated rings. The van der Waals surface area contributed by atoms with Crippen LogP contribution in [0.4, 0.5) is 4.79 Å². The normalized spacial score (nSPS) is 14.7. The van der Waals surface area contributed by atoms with Gasteiger partial charge in [-0.3, -0.25) is 4.79 Å². The summed E-state index contributed by atoms with van der Waals surface area (Å²) in [5.41, 5.74) is 0. The van der Waals surface area contributed by atoms with Gasteiger partial charge in [-0.1, -0.05) is 26.7 Å². The molecule has 2 rings (SSSR count). The van der Waals surface area contributed by atoms with Crippen molar-refractivity contribution >= 4 is 12.0 Å². The third kappa shape index (κ3) is 10.4. The molecule has 1 heterocycles. The number of hydrogen-bond donors (Lipinski definition) is 3. The molecule has 0 radical (unpaired) electrons. The van der Waals surface area contributed by atoms with Crippen molar-refractivity contribution in [2.75, 3.05) is 52.5 Å². The van der Waals surface area contributed by atoms with Crippen LogP contribution < -0.4 is 20.1 Å². The molecule has 0 aromatic heterocycles. The summed E-state index contributed by atoms with van der Waals surface area (Å²) in [6, 6.07) is 6.75. The van der Waals surface area contributed by atoms with Gasteiger partial charge in [-0.05, 0) is 37.1 Å². The first-order chi connectivity index (χ1) is 16.0. The quantitative estimate of drug-likeness (QED) is 0.219. The van der Waals surface area contributed by atoms with Gasteiger partial charge in [0.15, 0.2) is 0 Å². The second kappa shape index (κ2) is 15.5. The van der Waals surface area contributed by atoms with Gasteiger partial charge in [-0.25, -0.2) is 4.79 Å². The minimum atomic E-state index is -0.693. The fraction of sp³-hybridized carbons (Fsp3) is 0.667. The Kier molecular flexibility index (Phi) is 12.6. The highest BCUT2D eigenvalue weighted by Crippen LogP contribution is 2.21. The second-order valence-corrected chi connectivity index (χ2v) is 8.17. The Morgan fingerprint density at radius 2 is 1.70 bits per heavy atom. The van der Waals surface area contributed by atoms with Crippen molar-refractivity contribution in [3.63, 3.8) is 0 Å². The SMILES string of the molecule is CCCC(CCC)C(=O)Oc1ccc(OC[C@@H](O)CNCCNC(=O)N2CCOCC2)cc1. The minimum absolute atomic E-state index is 0.0636. The van der Waals surface area contributed by atoms with Crippen LogP contribution in [0.2, 0.25) is 0 Å². The van der Waals surface area contributed by atoms with Crippen LogP contribution in [0.15, 0.2) is 24.3 Å².